The fraction of sp³-hybridized carbons (Fsp3) is 0.435. The average molecular weight is 452 g/mol. The Bertz CT molecular complexity index is 850. The molecule has 164 valence electrons. The van der Waals surface area contributed by atoms with E-state index >= 15 is 0 Å². The number of nitrogen functional groups attached to an aromatic ring is 1. The minimum absolute atomic E-state index is 0. The lowest BCUT2D eigenvalue weighted by Gasteiger charge is -2.35. The lowest BCUT2D eigenvalue weighted by Crippen LogP contribution is -2.44. The third-order valence-corrected chi connectivity index (χ3v) is 5.63. The van der Waals surface area contributed by atoms with Crippen molar-refractivity contribution in [1.82, 2.24) is 4.90 Å². The highest BCUT2D eigenvalue weighted by Gasteiger charge is 2.25. The molecule has 1 amide bonds. The number of hydrogen-bond donors (Lipinski definition) is 1. The van der Waals surface area contributed by atoms with E-state index in [1.165, 1.54) is 5.56 Å². The first-order valence-electron chi connectivity index (χ1n) is 10.2. The van der Waals surface area contributed by atoms with Crippen LogP contribution >= 0.6 is 24.8 Å². The maximum absolute atomic E-state index is 13.1. The highest BCUT2D eigenvalue weighted by Crippen LogP contribution is 2.32. The van der Waals surface area contributed by atoms with E-state index in [0.29, 0.717) is 0 Å². The molecule has 0 spiro atoms. The molecule has 2 heterocycles. The quantitative estimate of drug-likeness (QED) is 0.705. The van der Waals surface area contributed by atoms with Crippen molar-refractivity contribution in [2.45, 2.75) is 45.4 Å². The first-order chi connectivity index (χ1) is 13.5. The largest absolute Gasteiger partial charge is 0.398 e. The van der Waals surface area contributed by atoms with Gasteiger partial charge in [0, 0.05) is 43.1 Å². The molecular formula is C23H31Cl2N3O2. The summed E-state index contributed by atoms with van der Waals surface area (Å²) in [6, 6.07) is 13.9. The van der Waals surface area contributed by atoms with Crippen molar-refractivity contribution in [2.24, 2.45) is 0 Å². The van der Waals surface area contributed by atoms with Crippen molar-refractivity contribution in [2.75, 3.05) is 30.3 Å². The number of halogens is 2. The molecule has 0 aromatic heterocycles. The van der Waals surface area contributed by atoms with Crippen LogP contribution in [0, 0.1) is 0 Å². The summed E-state index contributed by atoms with van der Waals surface area (Å²) in [5.41, 5.74) is 10.9. The summed E-state index contributed by atoms with van der Waals surface area (Å²) in [5, 5.41) is 0. The Morgan fingerprint density at radius 3 is 2.40 bits per heavy atom. The van der Waals surface area contributed by atoms with Crippen molar-refractivity contribution in [3.63, 3.8) is 0 Å². The number of carbonyl (C=O) groups excluding carboxylic acids is 1. The van der Waals surface area contributed by atoms with Crippen LogP contribution in [0.5, 0.6) is 0 Å². The van der Waals surface area contributed by atoms with Gasteiger partial charge in [0.05, 0.1) is 12.2 Å². The van der Waals surface area contributed by atoms with Gasteiger partial charge in [-0.2, -0.15) is 0 Å². The number of morpholine rings is 1. The Labute approximate surface area is 191 Å². The SMILES string of the molecule is CC1CN(Cc2ccc(C(=O)N3CCCc4c(N)cccc43)cc2)CC(C)O1.Cl.Cl. The molecule has 0 radical (unpaired) electrons. The lowest BCUT2D eigenvalue weighted by molar-refractivity contribution is -0.0704. The topological polar surface area (TPSA) is 58.8 Å². The molecule has 2 atom stereocenters. The molecule has 1 fully saturated rings. The smallest absolute Gasteiger partial charge is 0.258 e. The van der Waals surface area contributed by atoms with Gasteiger partial charge in [-0.05, 0) is 62.1 Å². The van der Waals surface area contributed by atoms with Gasteiger partial charge in [0.25, 0.3) is 5.91 Å². The molecule has 4 rings (SSSR count). The van der Waals surface area contributed by atoms with E-state index in [-0.39, 0.29) is 42.9 Å². The number of ether oxygens (including phenoxy) is 1. The Morgan fingerprint density at radius 1 is 1.07 bits per heavy atom. The zero-order chi connectivity index (χ0) is 19.7. The summed E-state index contributed by atoms with van der Waals surface area (Å²) < 4.78 is 5.81. The second-order valence-electron chi connectivity index (χ2n) is 8.05. The zero-order valence-electron chi connectivity index (χ0n) is 17.5. The molecule has 1 saturated heterocycles. The number of fused-ring (bicyclic) bond motifs is 1. The number of rotatable bonds is 3. The second-order valence-corrected chi connectivity index (χ2v) is 8.05. The number of hydrogen-bond acceptors (Lipinski definition) is 4. The van der Waals surface area contributed by atoms with E-state index in [1.807, 2.05) is 35.2 Å². The van der Waals surface area contributed by atoms with Crippen LogP contribution in [0.3, 0.4) is 0 Å². The summed E-state index contributed by atoms with van der Waals surface area (Å²) in [6.45, 7) is 7.74. The summed E-state index contributed by atoms with van der Waals surface area (Å²) in [5.74, 6) is 0.0479. The van der Waals surface area contributed by atoms with Gasteiger partial charge < -0.3 is 15.4 Å². The van der Waals surface area contributed by atoms with Crippen molar-refractivity contribution < 1.29 is 9.53 Å². The lowest BCUT2D eigenvalue weighted by atomic mass is 9.99. The fourth-order valence-corrected chi connectivity index (χ4v) is 4.44. The molecule has 2 aliphatic heterocycles. The van der Waals surface area contributed by atoms with Gasteiger partial charge in [-0.1, -0.05) is 18.2 Å². The standard InChI is InChI=1S/C23H29N3O2.2ClH/c1-16-13-25(14-17(2)28-16)15-18-8-10-19(11-9-18)23(27)26-12-4-5-20-21(24)6-3-7-22(20)26;;/h3,6-11,16-17H,4-5,12-15,24H2,1-2H3;2*1H. The Morgan fingerprint density at radius 2 is 1.73 bits per heavy atom. The van der Waals surface area contributed by atoms with Crippen LogP contribution in [0.25, 0.3) is 0 Å². The Hall–Kier alpha value is -1.79. The molecule has 30 heavy (non-hydrogen) atoms. The van der Waals surface area contributed by atoms with Crippen LogP contribution < -0.4 is 10.6 Å². The highest BCUT2D eigenvalue weighted by molar-refractivity contribution is 6.07. The van der Waals surface area contributed by atoms with Crippen molar-refractivity contribution in [1.29, 1.82) is 0 Å². The van der Waals surface area contributed by atoms with E-state index in [2.05, 4.69) is 30.9 Å². The van der Waals surface area contributed by atoms with Gasteiger partial charge in [-0.15, -0.1) is 24.8 Å². The number of nitrogens with two attached hydrogens (primary N) is 1. The van der Waals surface area contributed by atoms with Crippen LogP contribution in [-0.2, 0) is 17.7 Å². The maximum Gasteiger partial charge on any atom is 0.258 e. The summed E-state index contributed by atoms with van der Waals surface area (Å²) in [4.78, 5) is 17.4. The van der Waals surface area contributed by atoms with Gasteiger partial charge in [-0.25, -0.2) is 0 Å². The minimum Gasteiger partial charge on any atom is -0.398 e. The number of anilines is 2. The summed E-state index contributed by atoms with van der Waals surface area (Å²) >= 11 is 0. The molecule has 0 saturated carbocycles. The third kappa shape index (κ3) is 5.27. The van der Waals surface area contributed by atoms with Crippen molar-refractivity contribution in [3.8, 4) is 0 Å². The van der Waals surface area contributed by atoms with Crippen LogP contribution in [-0.4, -0.2) is 42.6 Å². The minimum atomic E-state index is 0. The van der Waals surface area contributed by atoms with E-state index in [0.717, 1.165) is 61.5 Å². The van der Waals surface area contributed by atoms with Crippen LogP contribution in [0.1, 0.15) is 41.8 Å². The first-order valence-corrected chi connectivity index (χ1v) is 10.2. The number of benzene rings is 2. The molecular weight excluding hydrogens is 421 g/mol. The molecule has 0 aliphatic carbocycles. The average Bonchev–Trinajstić information content (AvgIpc) is 2.67. The molecule has 2 aromatic carbocycles. The normalized spacial score (nSPS) is 21.2. The van der Waals surface area contributed by atoms with E-state index in [1.54, 1.807) is 0 Å². The van der Waals surface area contributed by atoms with E-state index in [4.69, 9.17) is 10.5 Å². The van der Waals surface area contributed by atoms with Gasteiger partial charge in [0.1, 0.15) is 0 Å². The van der Waals surface area contributed by atoms with Crippen LogP contribution in [0.4, 0.5) is 11.4 Å². The molecule has 2 aromatic rings. The predicted molar refractivity (Wildman–Crippen MR) is 127 cm³/mol. The third-order valence-electron chi connectivity index (χ3n) is 5.63. The summed E-state index contributed by atoms with van der Waals surface area (Å²) in [7, 11) is 0. The Kier molecular flexibility index (Phi) is 8.56. The number of amides is 1. The van der Waals surface area contributed by atoms with E-state index < -0.39 is 0 Å². The number of carbonyl (C=O) groups is 1. The van der Waals surface area contributed by atoms with Crippen molar-refractivity contribution in [3.05, 3.63) is 59.2 Å². The molecule has 2 unspecified atom stereocenters. The number of nitrogens with zero attached hydrogens (tertiary/aromatic N) is 2. The predicted octanol–water partition coefficient (Wildman–Crippen LogP) is 4.31. The highest BCUT2D eigenvalue weighted by atomic mass is 35.5. The summed E-state index contributed by atoms with van der Waals surface area (Å²) in [6.07, 6.45) is 2.40. The van der Waals surface area contributed by atoms with E-state index in [9.17, 15) is 4.79 Å². The van der Waals surface area contributed by atoms with Gasteiger partial charge in [0.2, 0.25) is 0 Å². The molecule has 0 bridgehead atoms. The molecule has 7 heteroatoms. The second kappa shape index (κ2) is 10.5. The first kappa shape index (κ1) is 24.5. The van der Waals surface area contributed by atoms with Crippen molar-refractivity contribution >= 4 is 42.1 Å². The van der Waals surface area contributed by atoms with Gasteiger partial charge in [-0.3, -0.25) is 9.69 Å². The fourth-order valence-electron chi connectivity index (χ4n) is 4.44. The molecule has 5 nitrogen and oxygen atoms in total. The van der Waals surface area contributed by atoms with Gasteiger partial charge in [0.15, 0.2) is 0 Å². The Balaban J connectivity index is 0.00000160. The monoisotopic (exact) mass is 451 g/mol. The maximum atomic E-state index is 13.1. The van der Waals surface area contributed by atoms with Crippen LogP contribution in [0.15, 0.2) is 42.5 Å². The zero-order valence-corrected chi connectivity index (χ0v) is 19.2. The van der Waals surface area contributed by atoms with Crippen LogP contribution in [0.2, 0.25) is 0 Å². The van der Waals surface area contributed by atoms with Gasteiger partial charge >= 0.3 is 0 Å². The molecule has 2 N–H and O–H groups in total. The molecule has 2 aliphatic rings.